The van der Waals surface area contributed by atoms with Gasteiger partial charge in [-0.25, -0.2) is 0 Å². The van der Waals surface area contributed by atoms with E-state index in [1.165, 1.54) is 151 Å². The molecule has 1 aliphatic rings. The van der Waals surface area contributed by atoms with Crippen molar-refractivity contribution >= 4 is 119 Å². The number of aromatic nitrogens is 2. The van der Waals surface area contributed by atoms with E-state index >= 15 is 0 Å². The summed E-state index contributed by atoms with van der Waals surface area (Å²) >= 11 is 3.83. The van der Waals surface area contributed by atoms with E-state index in [-0.39, 0.29) is 0 Å². The molecule has 0 N–H and O–H groups in total. The summed E-state index contributed by atoms with van der Waals surface area (Å²) in [6.45, 7) is 0. The SMILES string of the molecule is c1ccc2c(-n3c4ccccc4c4ccccc43)c3ccccc3c(-c3ccc4c(c3)sc3cc5c6c(cccc6c34)Sc3cc(-c4ccc(-n6c7ccccc7c7ccccc76)cc4)ccc3-5)c2c1. The Balaban J connectivity index is 0.826. The number of hydrogen-bond acceptors (Lipinski definition) is 2. The minimum absolute atomic E-state index is 1.17. The molecule has 0 spiro atoms. The second kappa shape index (κ2) is 14.6. The molecular formula is C66H38N2S2. The maximum Gasteiger partial charge on any atom is 0.0619 e. The van der Waals surface area contributed by atoms with Gasteiger partial charge in [-0.05, 0) is 110 Å². The molecule has 4 heteroatoms. The lowest BCUT2D eigenvalue weighted by molar-refractivity contribution is 1.18. The highest BCUT2D eigenvalue weighted by Crippen LogP contribution is 2.53. The Morgan fingerprint density at radius 2 is 0.800 bits per heavy atom. The number of fused-ring (bicyclic) bond motifs is 14. The van der Waals surface area contributed by atoms with Crippen LogP contribution < -0.4 is 0 Å². The highest BCUT2D eigenvalue weighted by atomic mass is 32.2. The number of thiophene rings is 1. The van der Waals surface area contributed by atoms with Crippen LogP contribution in [0, 0.1) is 0 Å². The van der Waals surface area contributed by atoms with Crippen LogP contribution in [0.5, 0.6) is 0 Å². The first-order chi connectivity index (χ1) is 34.7. The van der Waals surface area contributed by atoms with Crippen molar-refractivity contribution in [1.29, 1.82) is 0 Å². The van der Waals surface area contributed by atoms with E-state index in [2.05, 4.69) is 240 Å². The fraction of sp³-hybridized carbons (Fsp3) is 0. The molecule has 0 aliphatic carbocycles. The van der Waals surface area contributed by atoms with E-state index in [1.807, 2.05) is 23.1 Å². The minimum Gasteiger partial charge on any atom is -0.309 e. The molecule has 3 aromatic heterocycles. The van der Waals surface area contributed by atoms with Gasteiger partial charge in [0.1, 0.15) is 0 Å². The third-order valence-corrected chi connectivity index (χ3v) is 17.3. The predicted octanol–water partition coefficient (Wildman–Crippen LogP) is 19.2. The van der Waals surface area contributed by atoms with E-state index in [4.69, 9.17) is 0 Å². The maximum absolute atomic E-state index is 2.50. The first kappa shape index (κ1) is 38.5. The molecule has 16 rings (SSSR count). The van der Waals surface area contributed by atoms with E-state index < -0.39 is 0 Å². The van der Waals surface area contributed by atoms with Crippen LogP contribution in [0.2, 0.25) is 0 Å². The van der Waals surface area contributed by atoms with Crippen molar-refractivity contribution in [2.45, 2.75) is 9.79 Å². The molecule has 0 radical (unpaired) electrons. The quantitative estimate of drug-likeness (QED) is 0.160. The number of rotatable bonds is 4. The monoisotopic (exact) mass is 922 g/mol. The molecule has 0 fully saturated rings. The first-order valence-corrected chi connectivity index (χ1v) is 25.6. The lowest BCUT2D eigenvalue weighted by Crippen LogP contribution is -1.99. The summed E-state index contributed by atoms with van der Waals surface area (Å²) in [5.74, 6) is 0. The van der Waals surface area contributed by atoms with E-state index in [0.717, 1.165) is 0 Å². The zero-order valence-electron chi connectivity index (χ0n) is 37.7. The van der Waals surface area contributed by atoms with Crippen LogP contribution in [-0.2, 0) is 0 Å². The molecule has 1 aliphatic heterocycles. The Hall–Kier alpha value is -8.41. The highest BCUT2D eigenvalue weighted by Gasteiger charge is 2.25. The molecule has 0 saturated heterocycles. The molecule has 70 heavy (non-hydrogen) atoms. The summed E-state index contributed by atoms with van der Waals surface area (Å²) in [7, 11) is 0. The topological polar surface area (TPSA) is 9.86 Å². The Kier molecular flexibility index (Phi) is 8.01. The van der Waals surface area contributed by atoms with Crippen LogP contribution in [0.1, 0.15) is 0 Å². The molecule has 4 heterocycles. The highest BCUT2D eigenvalue weighted by molar-refractivity contribution is 7.99. The van der Waals surface area contributed by atoms with Crippen LogP contribution in [-0.4, -0.2) is 9.13 Å². The molecule has 0 bridgehead atoms. The Morgan fingerprint density at radius 3 is 1.41 bits per heavy atom. The van der Waals surface area contributed by atoms with Crippen LogP contribution in [0.3, 0.4) is 0 Å². The van der Waals surface area contributed by atoms with E-state index in [0.29, 0.717) is 0 Å². The Labute approximate surface area is 410 Å². The first-order valence-electron chi connectivity index (χ1n) is 24.0. The molecule has 0 unspecified atom stereocenters. The van der Waals surface area contributed by atoms with Gasteiger partial charge >= 0.3 is 0 Å². The standard InChI is InChI=1S/C66H38N2S2/c1-3-20-50-48(18-1)63(49-19-2-4-21-51(49)66(50)68-57-25-11-7-16-45(57)46-17-8-12-26-58(46)68)41-31-35-52-61(37-41)70-62-38-54-47-34-30-40(36-60(47)69-59-27-13-22-53(64(52)62)65(54)59)39-28-32-42(33-29-39)67-55-23-9-5-14-43(55)44-15-6-10-24-56(44)67/h1-38H. The van der Waals surface area contributed by atoms with Crippen molar-refractivity contribution in [1.82, 2.24) is 9.13 Å². The van der Waals surface area contributed by atoms with Gasteiger partial charge in [0, 0.05) is 73.4 Å². The third kappa shape index (κ3) is 5.35. The van der Waals surface area contributed by atoms with Gasteiger partial charge in [-0.2, -0.15) is 0 Å². The van der Waals surface area contributed by atoms with Gasteiger partial charge in [0.05, 0.1) is 27.8 Å². The van der Waals surface area contributed by atoms with Gasteiger partial charge in [-0.3, -0.25) is 0 Å². The average molecular weight is 923 g/mol. The predicted molar refractivity (Wildman–Crippen MR) is 301 cm³/mol. The summed E-state index contributed by atoms with van der Waals surface area (Å²) in [6.07, 6.45) is 0. The van der Waals surface area contributed by atoms with E-state index in [9.17, 15) is 0 Å². The fourth-order valence-corrected chi connectivity index (χ4v) is 14.5. The molecular weight excluding hydrogens is 885 g/mol. The van der Waals surface area contributed by atoms with Crippen molar-refractivity contribution in [3.05, 3.63) is 231 Å². The van der Waals surface area contributed by atoms with Gasteiger partial charge < -0.3 is 9.13 Å². The Morgan fingerprint density at radius 1 is 0.286 bits per heavy atom. The number of nitrogens with zero attached hydrogens (tertiary/aromatic N) is 2. The van der Waals surface area contributed by atoms with Crippen molar-refractivity contribution in [2.24, 2.45) is 0 Å². The molecule has 15 aromatic rings. The summed E-state index contributed by atoms with van der Waals surface area (Å²) in [5.41, 5.74) is 14.9. The van der Waals surface area contributed by atoms with Gasteiger partial charge in [-0.15, -0.1) is 11.3 Å². The molecule has 12 aromatic carbocycles. The van der Waals surface area contributed by atoms with Crippen molar-refractivity contribution in [2.75, 3.05) is 0 Å². The summed E-state index contributed by atoms with van der Waals surface area (Å²) < 4.78 is 7.52. The average Bonchev–Trinajstić information content (AvgIpc) is 4.08. The zero-order chi connectivity index (χ0) is 45.6. The lowest BCUT2D eigenvalue weighted by atomic mass is 9.89. The molecule has 0 amide bonds. The summed E-state index contributed by atoms with van der Waals surface area (Å²) in [4.78, 5) is 2.62. The van der Waals surface area contributed by atoms with Gasteiger partial charge in [-0.1, -0.05) is 182 Å². The van der Waals surface area contributed by atoms with Gasteiger partial charge in [0.2, 0.25) is 0 Å². The van der Waals surface area contributed by atoms with Crippen molar-refractivity contribution in [3.8, 4) is 44.8 Å². The second-order valence-electron chi connectivity index (χ2n) is 18.7. The second-order valence-corrected chi connectivity index (χ2v) is 20.9. The van der Waals surface area contributed by atoms with Crippen molar-refractivity contribution < 1.29 is 0 Å². The van der Waals surface area contributed by atoms with Crippen LogP contribution in [0.4, 0.5) is 0 Å². The number of benzene rings is 12. The minimum atomic E-state index is 1.17. The lowest BCUT2D eigenvalue weighted by Gasteiger charge is -2.22. The molecule has 324 valence electrons. The smallest absolute Gasteiger partial charge is 0.0619 e. The summed E-state index contributed by atoms with van der Waals surface area (Å²) in [5, 5.41) is 15.5. The number of hydrogen-bond donors (Lipinski definition) is 0. The maximum atomic E-state index is 2.50. The third-order valence-electron chi connectivity index (χ3n) is 15.1. The fourth-order valence-electron chi connectivity index (χ4n) is 12.1. The summed E-state index contributed by atoms with van der Waals surface area (Å²) in [6, 6.07) is 86.0. The Bertz CT molecular complexity index is 4570. The molecule has 2 nitrogen and oxygen atoms in total. The molecule has 0 saturated carbocycles. The van der Waals surface area contributed by atoms with Gasteiger partial charge in [0.15, 0.2) is 0 Å². The van der Waals surface area contributed by atoms with Crippen LogP contribution >= 0.6 is 23.1 Å². The normalized spacial score (nSPS) is 12.5. The van der Waals surface area contributed by atoms with Crippen LogP contribution in [0.15, 0.2) is 240 Å². The molecule has 0 atom stereocenters. The largest absolute Gasteiger partial charge is 0.309 e. The van der Waals surface area contributed by atoms with E-state index in [1.54, 1.807) is 0 Å². The van der Waals surface area contributed by atoms with Crippen LogP contribution in [0.25, 0.3) is 141 Å². The zero-order valence-corrected chi connectivity index (χ0v) is 39.3. The van der Waals surface area contributed by atoms with Gasteiger partial charge in [0.25, 0.3) is 0 Å². The number of para-hydroxylation sites is 4. The van der Waals surface area contributed by atoms with Crippen molar-refractivity contribution in [3.63, 3.8) is 0 Å².